The Labute approximate surface area is 190 Å². The molecule has 2 aromatic rings. The smallest absolute Gasteiger partial charge is 0.261 e. The van der Waals surface area contributed by atoms with Crippen LogP contribution in [0.25, 0.3) is 0 Å². The molecule has 2 fully saturated rings. The summed E-state index contributed by atoms with van der Waals surface area (Å²) in [5.74, 6) is 0.167. The molecule has 31 heavy (non-hydrogen) atoms. The molecule has 2 bridgehead atoms. The van der Waals surface area contributed by atoms with E-state index in [1.54, 1.807) is 7.11 Å². The highest BCUT2D eigenvalue weighted by atomic mass is 28.4. The highest BCUT2D eigenvalue weighted by molar-refractivity contribution is 6.99. The largest absolute Gasteiger partial charge is 0.404 e. The predicted octanol–water partition coefficient (Wildman–Crippen LogP) is 3.89. The first kappa shape index (κ1) is 22.8. The fourth-order valence-corrected chi connectivity index (χ4v) is 10.9. The van der Waals surface area contributed by atoms with Crippen molar-refractivity contribution in [1.29, 1.82) is 0 Å². The van der Waals surface area contributed by atoms with E-state index < -0.39 is 13.9 Å². The van der Waals surface area contributed by atoms with Gasteiger partial charge in [-0.3, -0.25) is 0 Å². The molecule has 0 N–H and O–H groups in total. The van der Waals surface area contributed by atoms with Crippen molar-refractivity contribution in [1.82, 2.24) is 0 Å². The van der Waals surface area contributed by atoms with Crippen LogP contribution in [0.1, 0.15) is 41.0 Å². The second kappa shape index (κ2) is 7.88. The molecule has 0 unspecified atom stereocenters. The Morgan fingerprint density at radius 3 is 1.94 bits per heavy atom. The summed E-state index contributed by atoms with van der Waals surface area (Å²) in [7, 11) is 5.57. The van der Waals surface area contributed by atoms with E-state index in [0.717, 1.165) is 6.42 Å². The van der Waals surface area contributed by atoms with Gasteiger partial charge in [-0.05, 0) is 27.2 Å². The highest BCUT2D eigenvalue weighted by Gasteiger charge is 2.67. The molecule has 0 spiro atoms. The maximum absolute atomic E-state index is 7.22. The number of benzene rings is 2. The maximum atomic E-state index is 7.22. The van der Waals surface area contributed by atoms with Crippen molar-refractivity contribution in [2.75, 3.05) is 13.7 Å². The molecule has 1 aliphatic heterocycles. The fraction of sp³-hybridized carbons (Fsp3) is 0.538. The second-order valence-corrected chi connectivity index (χ2v) is 15.3. The van der Waals surface area contributed by atoms with E-state index in [-0.39, 0.29) is 28.5 Å². The second-order valence-electron chi connectivity index (χ2n) is 10.9. The molecule has 1 saturated heterocycles. The van der Waals surface area contributed by atoms with Crippen LogP contribution in [0.5, 0.6) is 0 Å². The van der Waals surface area contributed by atoms with Crippen molar-refractivity contribution in [3.8, 4) is 0 Å². The first-order valence-electron chi connectivity index (χ1n) is 11.3. The molecule has 2 aromatic carbocycles. The molecular weight excluding hydrogens is 399 g/mol. The normalized spacial score (nSPS) is 29.9. The van der Waals surface area contributed by atoms with Gasteiger partial charge in [-0.1, -0.05) is 95.3 Å². The van der Waals surface area contributed by atoms with E-state index in [0.29, 0.717) is 6.61 Å². The lowest BCUT2D eigenvalue weighted by molar-refractivity contribution is -0.116. The Hall–Kier alpha value is -1.40. The SMILES string of the molecule is [B][C@@H]1O[C@@]2(CO[Si](c3ccccc3)(c3ccccc3)C(C)(C)C)CC(C)(C)[C@@H]1[C@@H]2OC. The van der Waals surface area contributed by atoms with E-state index in [9.17, 15) is 0 Å². The lowest BCUT2D eigenvalue weighted by Gasteiger charge is -2.46. The van der Waals surface area contributed by atoms with Gasteiger partial charge in [0.05, 0.1) is 12.7 Å². The summed E-state index contributed by atoms with van der Waals surface area (Å²) in [5.41, 5.74) is -0.470. The summed E-state index contributed by atoms with van der Waals surface area (Å²) in [5, 5.41) is 2.47. The molecule has 2 aliphatic rings. The zero-order valence-corrected chi connectivity index (χ0v) is 20.7. The monoisotopic (exact) mass is 434 g/mol. The predicted molar refractivity (Wildman–Crippen MR) is 130 cm³/mol. The summed E-state index contributed by atoms with van der Waals surface area (Å²) in [6, 6.07) is 21.2. The summed E-state index contributed by atoms with van der Waals surface area (Å²) in [6.45, 7) is 11.9. The van der Waals surface area contributed by atoms with E-state index in [2.05, 4.69) is 95.3 Å². The first-order valence-corrected chi connectivity index (χ1v) is 13.2. The van der Waals surface area contributed by atoms with E-state index in [4.69, 9.17) is 21.7 Å². The minimum absolute atomic E-state index is 0.0488. The van der Waals surface area contributed by atoms with Crippen molar-refractivity contribution in [2.24, 2.45) is 11.3 Å². The third-order valence-corrected chi connectivity index (χ3v) is 12.4. The Morgan fingerprint density at radius 1 is 1.00 bits per heavy atom. The van der Waals surface area contributed by atoms with Gasteiger partial charge in [0.25, 0.3) is 8.32 Å². The summed E-state index contributed by atoms with van der Waals surface area (Å²) in [6.07, 6.45) is 0.824. The Morgan fingerprint density at radius 2 is 1.52 bits per heavy atom. The molecule has 1 saturated carbocycles. The van der Waals surface area contributed by atoms with Gasteiger partial charge >= 0.3 is 0 Å². The van der Waals surface area contributed by atoms with Gasteiger partial charge in [-0.2, -0.15) is 0 Å². The quantitative estimate of drug-likeness (QED) is 0.646. The molecule has 1 heterocycles. The van der Waals surface area contributed by atoms with Crippen molar-refractivity contribution in [3.05, 3.63) is 60.7 Å². The van der Waals surface area contributed by atoms with Crippen molar-refractivity contribution in [2.45, 2.75) is 63.8 Å². The lowest BCUT2D eigenvalue weighted by atomic mass is 9.71. The summed E-state index contributed by atoms with van der Waals surface area (Å²) < 4.78 is 19.6. The number of methoxy groups -OCH3 is 1. The fourth-order valence-electron chi connectivity index (χ4n) is 6.32. The van der Waals surface area contributed by atoms with Crippen LogP contribution in [0.2, 0.25) is 5.04 Å². The van der Waals surface area contributed by atoms with E-state index >= 15 is 0 Å². The molecular formula is C26H35BO3Si. The van der Waals surface area contributed by atoms with Gasteiger partial charge in [0.1, 0.15) is 13.4 Å². The van der Waals surface area contributed by atoms with Crippen LogP contribution in [-0.2, 0) is 13.9 Å². The first-order chi connectivity index (χ1) is 14.6. The van der Waals surface area contributed by atoms with Crippen LogP contribution < -0.4 is 10.4 Å². The van der Waals surface area contributed by atoms with Gasteiger partial charge in [0.15, 0.2) is 0 Å². The summed E-state index contributed by atoms with van der Waals surface area (Å²) >= 11 is 0. The van der Waals surface area contributed by atoms with Gasteiger partial charge in [0, 0.05) is 19.0 Å². The molecule has 3 nitrogen and oxygen atoms in total. The van der Waals surface area contributed by atoms with Crippen LogP contribution in [0, 0.1) is 11.3 Å². The molecule has 0 aromatic heterocycles. The Balaban J connectivity index is 1.80. The number of hydrogen-bond acceptors (Lipinski definition) is 3. The molecule has 4 rings (SSSR count). The average molecular weight is 434 g/mol. The van der Waals surface area contributed by atoms with Gasteiger partial charge in [-0.25, -0.2) is 0 Å². The third kappa shape index (κ3) is 3.54. The molecule has 5 heteroatoms. The van der Waals surface area contributed by atoms with E-state index in [1.165, 1.54) is 10.4 Å². The van der Waals surface area contributed by atoms with Crippen LogP contribution in [0.15, 0.2) is 60.7 Å². The molecule has 1 aliphatic carbocycles. The van der Waals surface area contributed by atoms with Crippen LogP contribution >= 0.6 is 0 Å². The lowest BCUT2D eigenvalue weighted by Crippen LogP contribution is -2.68. The number of ether oxygens (including phenoxy) is 2. The average Bonchev–Trinajstić information content (AvgIpc) is 3.12. The molecule has 0 amide bonds. The molecule has 4 atom stereocenters. The minimum Gasteiger partial charge on any atom is -0.404 e. The van der Waals surface area contributed by atoms with Crippen LogP contribution in [-0.4, -0.2) is 47.6 Å². The number of hydrogen-bond donors (Lipinski definition) is 0. The standard InChI is InChI=1S/C26H35BO3Si/c1-24(2,3)31(19-13-9-7-10-14-19,20-15-11-8-12-16-20)29-18-26-17-25(4,5)21(22(26)28-6)23(27)30-26/h7-16,21-23H,17-18H2,1-6H3/t21-,22+,23-,26-/m1/s1. The minimum atomic E-state index is -2.65. The van der Waals surface area contributed by atoms with E-state index in [1.807, 2.05) is 0 Å². The van der Waals surface area contributed by atoms with Crippen molar-refractivity contribution in [3.63, 3.8) is 0 Å². The number of rotatable bonds is 6. The number of fused-ring (bicyclic) bond motifs is 2. The van der Waals surface area contributed by atoms with Gasteiger partial charge < -0.3 is 13.9 Å². The molecule has 2 radical (unpaired) electrons. The highest BCUT2D eigenvalue weighted by Crippen LogP contribution is 2.58. The Kier molecular flexibility index (Phi) is 5.79. The zero-order valence-electron chi connectivity index (χ0n) is 19.7. The van der Waals surface area contributed by atoms with Crippen LogP contribution in [0.4, 0.5) is 0 Å². The summed E-state index contributed by atoms with van der Waals surface area (Å²) in [4.78, 5) is 0. The van der Waals surface area contributed by atoms with Crippen molar-refractivity contribution < 1.29 is 13.9 Å². The van der Waals surface area contributed by atoms with Gasteiger partial charge in [-0.15, -0.1) is 0 Å². The van der Waals surface area contributed by atoms with Gasteiger partial charge in [0.2, 0.25) is 0 Å². The zero-order chi connectivity index (χ0) is 22.5. The molecule has 164 valence electrons. The third-order valence-electron chi connectivity index (χ3n) is 7.43. The van der Waals surface area contributed by atoms with Crippen LogP contribution in [0.3, 0.4) is 0 Å². The van der Waals surface area contributed by atoms with Crippen molar-refractivity contribution >= 4 is 26.5 Å². The Bertz CT molecular complexity index is 856. The topological polar surface area (TPSA) is 27.7 Å². The maximum Gasteiger partial charge on any atom is 0.261 e.